The summed E-state index contributed by atoms with van der Waals surface area (Å²) in [6, 6.07) is 5.12. The number of hydrogen-bond acceptors (Lipinski definition) is 3. The molecule has 0 aromatic heterocycles. The van der Waals surface area contributed by atoms with Gasteiger partial charge < -0.3 is 5.73 Å². The number of sulfonamides is 1. The van der Waals surface area contributed by atoms with Crippen LogP contribution in [0.25, 0.3) is 0 Å². The molecule has 2 atom stereocenters. The second-order valence-electron chi connectivity index (χ2n) is 5.81. The molecule has 1 aliphatic heterocycles. The van der Waals surface area contributed by atoms with Crippen molar-refractivity contribution in [3.05, 3.63) is 29.3 Å². The van der Waals surface area contributed by atoms with E-state index in [1.54, 1.807) is 29.4 Å². The quantitative estimate of drug-likeness (QED) is 0.867. The first-order valence-electron chi connectivity index (χ1n) is 7.19. The van der Waals surface area contributed by atoms with Crippen LogP contribution in [0.5, 0.6) is 0 Å². The Kier molecular flexibility index (Phi) is 4.70. The Bertz CT molecular complexity index is 646. The van der Waals surface area contributed by atoms with E-state index in [0.717, 1.165) is 19.3 Å². The molecule has 1 fully saturated rings. The molecule has 1 saturated heterocycles. The van der Waals surface area contributed by atoms with Crippen LogP contribution in [0.4, 0.5) is 0 Å². The molecule has 6 heteroatoms. The van der Waals surface area contributed by atoms with Crippen LogP contribution in [-0.4, -0.2) is 29.8 Å². The summed E-state index contributed by atoms with van der Waals surface area (Å²) in [6.07, 6.45) is 2.90. The predicted octanol–water partition coefficient (Wildman–Crippen LogP) is 2.58. The summed E-state index contributed by atoms with van der Waals surface area (Å²) in [6.45, 7) is 5.74. The molecule has 1 aromatic carbocycles. The van der Waals surface area contributed by atoms with E-state index in [1.807, 2.05) is 13.8 Å². The third-order valence-corrected chi connectivity index (χ3v) is 6.65. The zero-order chi connectivity index (χ0) is 15.8. The highest BCUT2D eigenvalue weighted by atomic mass is 32.2. The fourth-order valence-electron chi connectivity index (χ4n) is 3.08. The molecule has 21 heavy (non-hydrogen) atoms. The van der Waals surface area contributed by atoms with E-state index in [9.17, 15) is 8.42 Å². The topological polar surface area (TPSA) is 63.4 Å². The number of rotatable bonds is 3. The number of thiocarbonyl (C=S) groups is 1. The molecule has 0 saturated carbocycles. The van der Waals surface area contributed by atoms with Crippen molar-refractivity contribution in [1.29, 1.82) is 0 Å². The molecule has 4 nitrogen and oxygen atoms in total. The number of hydrogen-bond donors (Lipinski definition) is 1. The number of nitrogens with two attached hydrogens (primary N) is 1. The number of benzene rings is 1. The highest BCUT2D eigenvalue weighted by Crippen LogP contribution is 2.31. The van der Waals surface area contributed by atoms with Crippen LogP contribution in [0.15, 0.2) is 23.1 Å². The second-order valence-corrected chi connectivity index (χ2v) is 8.06. The smallest absolute Gasteiger partial charge is 0.243 e. The Morgan fingerprint density at radius 2 is 1.86 bits per heavy atom. The van der Waals surface area contributed by atoms with E-state index < -0.39 is 10.0 Å². The fourth-order valence-corrected chi connectivity index (χ4v) is 5.30. The minimum atomic E-state index is -3.48. The SMILES string of the molecule is Cc1cc(C(N)=S)ccc1S(=O)(=O)N1[C@H](C)CCC[C@@H]1C. The van der Waals surface area contributed by atoms with Crippen molar-refractivity contribution in [2.45, 2.75) is 57.0 Å². The van der Waals surface area contributed by atoms with E-state index in [1.165, 1.54) is 0 Å². The second kappa shape index (κ2) is 6.02. The first-order chi connectivity index (χ1) is 9.75. The number of nitrogens with zero attached hydrogens (tertiary/aromatic N) is 1. The highest BCUT2D eigenvalue weighted by molar-refractivity contribution is 7.89. The molecular weight excluding hydrogens is 304 g/mol. The summed E-state index contributed by atoms with van der Waals surface area (Å²) < 4.78 is 27.6. The average Bonchev–Trinajstić information content (AvgIpc) is 2.37. The maximum Gasteiger partial charge on any atom is 0.243 e. The van der Waals surface area contributed by atoms with Gasteiger partial charge in [0.2, 0.25) is 10.0 Å². The molecule has 1 heterocycles. The average molecular weight is 326 g/mol. The summed E-state index contributed by atoms with van der Waals surface area (Å²) in [7, 11) is -3.48. The predicted molar refractivity (Wildman–Crippen MR) is 88.9 cm³/mol. The van der Waals surface area contributed by atoms with Crippen LogP contribution >= 0.6 is 12.2 Å². The molecule has 0 radical (unpaired) electrons. The number of aryl methyl sites for hydroxylation is 1. The Labute approximate surface area is 132 Å². The molecule has 116 valence electrons. The van der Waals surface area contributed by atoms with Gasteiger partial charge in [-0.15, -0.1) is 0 Å². The Hall–Kier alpha value is -0.980. The summed E-state index contributed by atoms with van der Waals surface area (Å²) in [4.78, 5) is 0.629. The van der Waals surface area contributed by atoms with Gasteiger partial charge in [0, 0.05) is 17.6 Å². The van der Waals surface area contributed by atoms with E-state index in [0.29, 0.717) is 16.0 Å². The summed E-state index contributed by atoms with van der Waals surface area (Å²) >= 11 is 4.94. The van der Waals surface area contributed by atoms with Gasteiger partial charge in [0.1, 0.15) is 4.99 Å². The van der Waals surface area contributed by atoms with Crippen molar-refractivity contribution in [3.63, 3.8) is 0 Å². The molecule has 0 aliphatic carbocycles. The van der Waals surface area contributed by atoms with Crippen LogP contribution in [0.2, 0.25) is 0 Å². The van der Waals surface area contributed by atoms with Crippen molar-refractivity contribution in [2.75, 3.05) is 0 Å². The normalized spacial score (nSPS) is 24.0. The number of piperidine rings is 1. The van der Waals surface area contributed by atoms with E-state index >= 15 is 0 Å². The monoisotopic (exact) mass is 326 g/mol. The first kappa shape index (κ1) is 16.4. The lowest BCUT2D eigenvalue weighted by molar-refractivity contribution is 0.204. The lowest BCUT2D eigenvalue weighted by atomic mass is 10.0. The Balaban J connectivity index is 2.46. The third kappa shape index (κ3) is 3.12. The van der Waals surface area contributed by atoms with Crippen molar-refractivity contribution < 1.29 is 8.42 Å². The van der Waals surface area contributed by atoms with Gasteiger partial charge >= 0.3 is 0 Å². The van der Waals surface area contributed by atoms with Crippen LogP contribution in [0.1, 0.15) is 44.2 Å². The van der Waals surface area contributed by atoms with E-state index in [-0.39, 0.29) is 17.1 Å². The van der Waals surface area contributed by atoms with Crippen molar-refractivity contribution in [3.8, 4) is 0 Å². The molecule has 2 rings (SSSR count). The molecule has 0 amide bonds. The van der Waals surface area contributed by atoms with Crippen LogP contribution in [0, 0.1) is 6.92 Å². The minimum absolute atomic E-state index is 0.0356. The molecule has 1 aromatic rings. The standard InChI is InChI=1S/C15H22N2O2S2/c1-10-9-13(15(16)20)7-8-14(10)21(18,19)17-11(2)5-4-6-12(17)3/h7-9,11-12H,4-6H2,1-3H3,(H2,16,20)/t11-,12+. The first-order valence-corrected chi connectivity index (χ1v) is 9.04. The van der Waals surface area contributed by atoms with Gasteiger partial charge in [-0.25, -0.2) is 8.42 Å². The van der Waals surface area contributed by atoms with Gasteiger partial charge in [0.15, 0.2) is 0 Å². The lowest BCUT2D eigenvalue weighted by Gasteiger charge is -2.38. The van der Waals surface area contributed by atoms with Crippen LogP contribution in [-0.2, 0) is 10.0 Å². The summed E-state index contributed by atoms with van der Waals surface area (Å²) in [5.41, 5.74) is 6.98. The minimum Gasteiger partial charge on any atom is -0.389 e. The fraction of sp³-hybridized carbons (Fsp3) is 0.533. The maximum absolute atomic E-state index is 13.0. The lowest BCUT2D eigenvalue weighted by Crippen LogP contribution is -2.47. The maximum atomic E-state index is 13.0. The van der Waals surface area contributed by atoms with Gasteiger partial charge in [-0.2, -0.15) is 4.31 Å². The van der Waals surface area contributed by atoms with Crippen molar-refractivity contribution in [2.24, 2.45) is 5.73 Å². The van der Waals surface area contributed by atoms with E-state index in [2.05, 4.69) is 0 Å². The van der Waals surface area contributed by atoms with Gasteiger partial charge in [-0.3, -0.25) is 0 Å². The van der Waals surface area contributed by atoms with Gasteiger partial charge in [0.05, 0.1) is 4.90 Å². The summed E-state index contributed by atoms with van der Waals surface area (Å²) in [5, 5.41) is 0. The van der Waals surface area contributed by atoms with E-state index in [4.69, 9.17) is 18.0 Å². The molecule has 0 spiro atoms. The van der Waals surface area contributed by atoms with Gasteiger partial charge in [0.25, 0.3) is 0 Å². The van der Waals surface area contributed by atoms with Crippen molar-refractivity contribution >= 4 is 27.2 Å². The van der Waals surface area contributed by atoms with Crippen LogP contribution in [0.3, 0.4) is 0 Å². The molecular formula is C15H22N2O2S2. The Morgan fingerprint density at radius 3 is 2.33 bits per heavy atom. The van der Waals surface area contributed by atoms with Gasteiger partial charge in [-0.1, -0.05) is 24.7 Å². The van der Waals surface area contributed by atoms with Crippen LogP contribution < -0.4 is 5.73 Å². The summed E-state index contributed by atoms with van der Waals surface area (Å²) in [5.74, 6) is 0. The molecule has 1 aliphatic rings. The molecule has 0 bridgehead atoms. The van der Waals surface area contributed by atoms with Gasteiger partial charge in [-0.05, 0) is 51.3 Å². The molecule has 0 unspecified atom stereocenters. The third-order valence-electron chi connectivity index (χ3n) is 4.13. The zero-order valence-electron chi connectivity index (χ0n) is 12.7. The largest absolute Gasteiger partial charge is 0.389 e. The van der Waals surface area contributed by atoms with Crippen molar-refractivity contribution in [1.82, 2.24) is 4.31 Å². The zero-order valence-corrected chi connectivity index (χ0v) is 14.3. The molecule has 2 N–H and O–H groups in total. The Morgan fingerprint density at radius 1 is 1.29 bits per heavy atom. The highest BCUT2D eigenvalue weighted by Gasteiger charge is 2.36.